The largest absolute Gasteiger partial charge is 0.494 e. The molecule has 0 aliphatic rings. The van der Waals surface area contributed by atoms with Gasteiger partial charge in [0.1, 0.15) is 11.6 Å². The Morgan fingerprint density at radius 1 is 1.24 bits per heavy atom. The lowest BCUT2D eigenvalue weighted by Gasteiger charge is -2.20. The van der Waals surface area contributed by atoms with E-state index in [4.69, 9.17) is 4.74 Å². The Balaban J connectivity index is 2.12. The summed E-state index contributed by atoms with van der Waals surface area (Å²) in [6.45, 7) is 8.82. The third-order valence-electron chi connectivity index (χ3n) is 3.54. The van der Waals surface area contributed by atoms with Crippen LogP contribution in [0.15, 0.2) is 36.7 Å². The lowest BCUT2D eigenvalue weighted by molar-refractivity contribution is 0.340. The highest BCUT2D eigenvalue weighted by atomic mass is 16.5. The SMILES string of the molecule is CCCNC(Cn1ccnc1C)c1ccc(OCC)cc1. The van der Waals surface area contributed by atoms with Crippen LogP contribution in [0.1, 0.15) is 37.7 Å². The van der Waals surface area contributed by atoms with Crippen molar-refractivity contribution in [2.75, 3.05) is 13.2 Å². The van der Waals surface area contributed by atoms with E-state index in [0.717, 1.165) is 31.1 Å². The molecule has 1 atom stereocenters. The Bertz CT molecular complexity index is 533. The predicted octanol–water partition coefficient (Wildman–Crippen LogP) is 3.33. The number of nitrogens with one attached hydrogen (secondary N) is 1. The van der Waals surface area contributed by atoms with Gasteiger partial charge in [0.05, 0.1) is 12.6 Å². The van der Waals surface area contributed by atoms with Gasteiger partial charge in [-0.2, -0.15) is 0 Å². The summed E-state index contributed by atoms with van der Waals surface area (Å²) in [5, 5.41) is 3.61. The molecule has 2 aromatic rings. The molecule has 0 bridgehead atoms. The average molecular weight is 287 g/mol. The number of aromatic nitrogens is 2. The molecule has 1 heterocycles. The van der Waals surface area contributed by atoms with Gasteiger partial charge < -0.3 is 14.6 Å². The second-order valence-electron chi connectivity index (χ2n) is 5.14. The van der Waals surface area contributed by atoms with Gasteiger partial charge in [0.25, 0.3) is 0 Å². The molecule has 0 aliphatic carbocycles. The minimum atomic E-state index is 0.286. The fraction of sp³-hybridized carbons (Fsp3) is 0.471. The van der Waals surface area contributed by atoms with E-state index in [2.05, 4.69) is 33.9 Å². The first kappa shape index (κ1) is 15.6. The van der Waals surface area contributed by atoms with Gasteiger partial charge in [-0.3, -0.25) is 0 Å². The van der Waals surface area contributed by atoms with E-state index in [9.17, 15) is 0 Å². The lowest BCUT2D eigenvalue weighted by atomic mass is 10.1. The van der Waals surface area contributed by atoms with Gasteiger partial charge in [0.15, 0.2) is 0 Å². The monoisotopic (exact) mass is 287 g/mol. The fourth-order valence-corrected chi connectivity index (χ4v) is 2.36. The highest BCUT2D eigenvalue weighted by Gasteiger charge is 2.12. The van der Waals surface area contributed by atoms with E-state index in [1.165, 1.54) is 5.56 Å². The topological polar surface area (TPSA) is 39.1 Å². The van der Waals surface area contributed by atoms with Crippen LogP contribution < -0.4 is 10.1 Å². The van der Waals surface area contributed by atoms with Crippen LogP contribution in [0.2, 0.25) is 0 Å². The smallest absolute Gasteiger partial charge is 0.119 e. The van der Waals surface area contributed by atoms with Crippen LogP contribution in [0.4, 0.5) is 0 Å². The van der Waals surface area contributed by atoms with Crippen molar-refractivity contribution < 1.29 is 4.74 Å². The van der Waals surface area contributed by atoms with Crippen molar-refractivity contribution in [3.8, 4) is 5.75 Å². The number of aryl methyl sites for hydroxylation is 1. The summed E-state index contributed by atoms with van der Waals surface area (Å²) in [7, 11) is 0. The van der Waals surface area contributed by atoms with E-state index in [0.29, 0.717) is 6.61 Å². The molecule has 0 saturated heterocycles. The Kier molecular flexibility index (Phi) is 5.81. The molecular formula is C17H25N3O. The third kappa shape index (κ3) is 4.33. The Hall–Kier alpha value is -1.81. The summed E-state index contributed by atoms with van der Waals surface area (Å²) < 4.78 is 7.70. The number of benzene rings is 1. The van der Waals surface area contributed by atoms with Crippen molar-refractivity contribution in [3.63, 3.8) is 0 Å². The van der Waals surface area contributed by atoms with Gasteiger partial charge in [-0.15, -0.1) is 0 Å². The first-order valence-corrected chi connectivity index (χ1v) is 7.68. The van der Waals surface area contributed by atoms with Gasteiger partial charge in [0.2, 0.25) is 0 Å². The average Bonchev–Trinajstić information content (AvgIpc) is 2.90. The molecule has 1 unspecified atom stereocenters. The van der Waals surface area contributed by atoms with E-state index in [1.807, 2.05) is 38.4 Å². The van der Waals surface area contributed by atoms with Crippen LogP contribution in [0, 0.1) is 6.92 Å². The minimum absolute atomic E-state index is 0.286. The molecule has 1 aromatic carbocycles. The van der Waals surface area contributed by atoms with E-state index in [1.54, 1.807) is 0 Å². The van der Waals surface area contributed by atoms with Crippen molar-refractivity contribution >= 4 is 0 Å². The van der Waals surface area contributed by atoms with Crippen LogP contribution in [0.25, 0.3) is 0 Å². The summed E-state index contributed by atoms with van der Waals surface area (Å²) in [6.07, 6.45) is 5.01. The number of rotatable bonds is 8. The van der Waals surface area contributed by atoms with E-state index < -0.39 is 0 Å². The molecule has 0 amide bonds. The quantitative estimate of drug-likeness (QED) is 0.809. The fourth-order valence-electron chi connectivity index (χ4n) is 2.36. The third-order valence-corrected chi connectivity index (χ3v) is 3.54. The molecule has 0 aliphatic heterocycles. The maximum atomic E-state index is 5.51. The summed E-state index contributed by atoms with van der Waals surface area (Å²) in [4.78, 5) is 4.30. The summed E-state index contributed by atoms with van der Waals surface area (Å²) in [5.41, 5.74) is 1.28. The standard InChI is InChI=1S/C17H25N3O/c1-4-10-19-17(13-20-12-11-18-14(20)3)15-6-8-16(9-7-15)21-5-2/h6-9,11-12,17,19H,4-5,10,13H2,1-3H3. The van der Waals surface area contributed by atoms with Crippen molar-refractivity contribution in [3.05, 3.63) is 48.0 Å². The normalized spacial score (nSPS) is 12.3. The van der Waals surface area contributed by atoms with Crippen LogP contribution in [-0.4, -0.2) is 22.7 Å². The number of ether oxygens (including phenoxy) is 1. The van der Waals surface area contributed by atoms with Gasteiger partial charge in [0, 0.05) is 18.9 Å². The van der Waals surface area contributed by atoms with Crippen LogP contribution >= 0.6 is 0 Å². The van der Waals surface area contributed by atoms with Gasteiger partial charge in [-0.1, -0.05) is 19.1 Å². The zero-order valence-electron chi connectivity index (χ0n) is 13.2. The van der Waals surface area contributed by atoms with E-state index >= 15 is 0 Å². The summed E-state index contributed by atoms with van der Waals surface area (Å²) in [6, 6.07) is 8.66. The highest BCUT2D eigenvalue weighted by molar-refractivity contribution is 5.29. The van der Waals surface area contributed by atoms with Crippen molar-refractivity contribution in [2.24, 2.45) is 0 Å². The molecule has 0 radical (unpaired) electrons. The molecule has 4 nitrogen and oxygen atoms in total. The Labute approximate surface area is 127 Å². The molecule has 114 valence electrons. The first-order valence-electron chi connectivity index (χ1n) is 7.68. The second kappa shape index (κ2) is 7.84. The molecule has 0 spiro atoms. The zero-order chi connectivity index (χ0) is 15.1. The number of hydrogen-bond donors (Lipinski definition) is 1. The van der Waals surface area contributed by atoms with Crippen LogP contribution in [0.5, 0.6) is 5.75 Å². The van der Waals surface area contributed by atoms with Crippen molar-refractivity contribution in [1.82, 2.24) is 14.9 Å². The number of nitrogens with zero attached hydrogens (tertiary/aromatic N) is 2. The molecule has 1 aromatic heterocycles. The molecule has 0 saturated carbocycles. The number of imidazole rings is 1. The van der Waals surface area contributed by atoms with Crippen LogP contribution in [0.3, 0.4) is 0 Å². The highest BCUT2D eigenvalue weighted by Crippen LogP contribution is 2.20. The maximum absolute atomic E-state index is 5.51. The first-order chi connectivity index (χ1) is 10.2. The molecule has 4 heteroatoms. The predicted molar refractivity (Wildman–Crippen MR) is 85.6 cm³/mol. The molecule has 21 heavy (non-hydrogen) atoms. The minimum Gasteiger partial charge on any atom is -0.494 e. The molecule has 1 N–H and O–H groups in total. The molecular weight excluding hydrogens is 262 g/mol. The molecule has 0 fully saturated rings. The van der Waals surface area contributed by atoms with Crippen molar-refractivity contribution in [2.45, 2.75) is 39.8 Å². The van der Waals surface area contributed by atoms with Crippen molar-refractivity contribution in [1.29, 1.82) is 0 Å². The van der Waals surface area contributed by atoms with E-state index in [-0.39, 0.29) is 6.04 Å². The maximum Gasteiger partial charge on any atom is 0.119 e. The Morgan fingerprint density at radius 3 is 2.57 bits per heavy atom. The van der Waals surface area contributed by atoms with Gasteiger partial charge >= 0.3 is 0 Å². The second-order valence-corrected chi connectivity index (χ2v) is 5.14. The Morgan fingerprint density at radius 2 is 2.00 bits per heavy atom. The number of hydrogen-bond acceptors (Lipinski definition) is 3. The summed E-state index contributed by atoms with van der Waals surface area (Å²) in [5.74, 6) is 1.97. The van der Waals surface area contributed by atoms with Gasteiger partial charge in [-0.25, -0.2) is 4.98 Å². The van der Waals surface area contributed by atoms with Crippen LogP contribution in [-0.2, 0) is 6.54 Å². The van der Waals surface area contributed by atoms with Gasteiger partial charge in [-0.05, 0) is 44.5 Å². The summed E-state index contributed by atoms with van der Waals surface area (Å²) >= 11 is 0. The zero-order valence-corrected chi connectivity index (χ0v) is 13.2. The lowest BCUT2D eigenvalue weighted by Crippen LogP contribution is -2.26. The molecule has 2 rings (SSSR count).